The molecule has 112 valence electrons. The molecular weight excluding hydrogens is 285 g/mol. The van der Waals surface area contributed by atoms with Gasteiger partial charge in [-0.25, -0.2) is 14.4 Å². The number of ether oxygens (including phenoxy) is 1. The van der Waals surface area contributed by atoms with E-state index >= 15 is 0 Å². The third-order valence-electron chi connectivity index (χ3n) is 3.12. The van der Waals surface area contributed by atoms with Gasteiger partial charge in [0.1, 0.15) is 23.5 Å². The number of aryl methyl sites for hydroxylation is 1. The van der Waals surface area contributed by atoms with Crippen molar-refractivity contribution in [3.8, 4) is 11.6 Å². The van der Waals surface area contributed by atoms with E-state index in [2.05, 4.69) is 15.0 Å². The van der Waals surface area contributed by atoms with Crippen molar-refractivity contribution in [3.05, 3.63) is 47.7 Å². The Labute approximate surface area is 125 Å². The Kier molecular flexibility index (Phi) is 3.54. The molecule has 3 aromatic rings. The van der Waals surface area contributed by atoms with Crippen LogP contribution in [0.4, 0.5) is 4.39 Å². The fraction of sp³-hybridized carbons (Fsp3) is 0.200. The van der Waals surface area contributed by atoms with E-state index in [1.54, 1.807) is 19.1 Å². The van der Waals surface area contributed by atoms with Gasteiger partial charge < -0.3 is 4.74 Å². The number of hydrogen-bond acceptors (Lipinski definition) is 5. The van der Waals surface area contributed by atoms with Gasteiger partial charge in [0.2, 0.25) is 5.88 Å². The molecule has 0 aliphatic rings. The summed E-state index contributed by atoms with van der Waals surface area (Å²) < 4.78 is 20.0. The van der Waals surface area contributed by atoms with Crippen LogP contribution in [0.2, 0.25) is 0 Å². The van der Waals surface area contributed by atoms with Crippen LogP contribution < -0.4 is 10.2 Å². The summed E-state index contributed by atoms with van der Waals surface area (Å²) in [7, 11) is 0. The third kappa shape index (κ3) is 2.41. The van der Waals surface area contributed by atoms with Crippen molar-refractivity contribution in [2.45, 2.75) is 13.8 Å². The number of hydrogen-bond donors (Lipinski definition) is 1. The Morgan fingerprint density at radius 3 is 2.59 bits per heavy atom. The van der Waals surface area contributed by atoms with Crippen molar-refractivity contribution in [2.24, 2.45) is 0 Å². The molecule has 7 heteroatoms. The Balaban J connectivity index is 2.25. The van der Waals surface area contributed by atoms with Gasteiger partial charge in [0.15, 0.2) is 11.0 Å². The van der Waals surface area contributed by atoms with Crippen molar-refractivity contribution < 1.29 is 9.13 Å². The summed E-state index contributed by atoms with van der Waals surface area (Å²) >= 11 is 0. The molecule has 0 saturated carbocycles. The predicted octanol–water partition coefficient (Wildman–Crippen LogP) is 2.14. The number of aromatic nitrogens is 4. The number of halogens is 1. The highest BCUT2D eigenvalue weighted by Crippen LogP contribution is 2.18. The number of fused-ring (bicyclic) bond motifs is 1. The van der Waals surface area contributed by atoms with E-state index in [1.807, 2.05) is 6.92 Å². The normalized spacial score (nSPS) is 10.9. The highest BCUT2D eigenvalue weighted by Gasteiger charge is 2.12. The second-order valence-electron chi connectivity index (χ2n) is 4.65. The number of rotatable bonds is 3. The second kappa shape index (κ2) is 5.51. The van der Waals surface area contributed by atoms with Crippen molar-refractivity contribution >= 4 is 11.0 Å². The topological polar surface area (TPSA) is 76.7 Å². The van der Waals surface area contributed by atoms with Crippen molar-refractivity contribution in [1.82, 2.24) is 19.5 Å². The second-order valence-corrected chi connectivity index (χ2v) is 4.65. The van der Waals surface area contributed by atoms with Gasteiger partial charge in [0, 0.05) is 5.69 Å². The lowest BCUT2D eigenvalue weighted by molar-refractivity contribution is 0.329. The summed E-state index contributed by atoms with van der Waals surface area (Å²) in [4.78, 5) is 12.8. The first-order valence-electron chi connectivity index (χ1n) is 6.79. The zero-order valence-electron chi connectivity index (χ0n) is 12.2. The van der Waals surface area contributed by atoms with Crippen LogP contribution in [-0.2, 0) is 0 Å². The summed E-state index contributed by atoms with van der Waals surface area (Å²) in [5.41, 5.74) is 1.61. The first kappa shape index (κ1) is 14.1. The molecule has 22 heavy (non-hydrogen) atoms. The molecule has 2 heterocycles. The van der Waals surface area contributed by atoms with E-state index in [4.69, 9.17) is 10.1 Å². The summed E-state index contributed by atoms with van der Waals surface area (Å²) in [6.07, 6.45) is 1.49. The molecule has 0 atom stereocenters. The lowest BCUT2D eigenvalue weighted by atomic mass is 10.3. The Morgan fingerprint density at radius 2 is 1.91 bits per heavy atom. The lowest BCUT2D eigenvalue weighted by Crippen LogP contribution is -2.21. The van der Waals surface area contributed by atoms with E-state index in [0.29, 0.717) is 35.0 Å². The van der Waals surface area contributed by atoms with Crippen LogP contribution in [0.25, 0.3) is 16.7 Å². The minimum atomic E-state index is -0.332. The number of nitrogens with one attached hydrogen (secondary N) is 1. The Bertz CT molecular complexity index is 889. The van der Waals surface area contributed by atoms with Crippen LogP contribution in [0.1, 0.15) is 12.7 Å². The molecule has 0 spiro atoms. The largest absolute Gasteiger partial charge is 0.476 e. The molecule has 0 aliphatic carbocycles. The van der Waals surface area contributed by atoms with E-state index in [1.165, 1.54) is 23.0 Å². The molecule has 0 unspecified atom stereocenters. The molecule has 0 saturated heterocycles. The summed E-state index contributed by atoms with van der Waals surface area (Å²) in [5.74, 6) is 0.536. The number of benzene rings is 1. The maximum Gasteiger partial charge on any atom is 0.244 e. The monoisotopic (exact) mass is 299 g/mol. The SMILES string of the molecule is CCOc1nc(C)nc2c(=N)n(-c3ccc(F)cc3)cnc12. The highest BCUT2D eigenvalue weighted by molar-refractivity contribution is 5.77. The maximum atomic E-state index is 13.0. The van der Waals surface area contributed by atoms with Gasteiger partial charge in [-0.15, -0.1) is 0 Å². The standard InChI is InChI=1S/C15H14FN5O/c1-3-22-15-13-12(19-9(2)20-15)14(17)21(8-18-13)11-6-4-10(16)5-7-11/h4-8,17H,3H2,1-2H3. The summed E-state index contributed by atoms with van der Waals surface area (Å²) in [6, 6.07) is 5.84. The molecule has 0 aliphatic heterocycles. The van der Waals surface area contributed by atoms with Crippen LogP contribution in [0.3, 0.4) is 0 Å². The van der Waals surface area contributed by atoms with Crippen LogP contribution in [0.5, 0.6) is 5.88 Å². The van der Waals surface area contributed by atoms with Gasteiger partial charge >= 0.3 is 0 Å². The van der Waals surface area contributed by atoms with Gasteiger partial charge in [0.25, 0.3) is 0 Å². The number of nitrogens with zero attached hydrogens (tertiary/aromatic N) is 4. The average Bonchev–Trinajstić information content (AvgIpc) is 2.50. The lowest BCUT2D eigenvalue weighted by Gasteiger charge is -2.10. The fourth-order valence-corrected chi connectivity index (χ4v) is 2.14. The zero-order valence-corrected chi connectivity index (χ0v) is 12.2. The van der Waals surface area contributed by atoms with E-state index in [0.717, 1.165) is 0 Å². The Morgan fingerprint density at radius 1 is 1.18 bits per heavy atom. The highest BCUT2D eigenvalue weighted by atomic mass is 19.1. The molecule has 2 aromatic heterocycles. The summed E-state index contributed by atoms with van der Waals surface area (Å²) in [6.45, 7) is 4.04. The van der Waals surface area contributed by atoms with Crippen LogP contribution in [-0.4, -0.2) is 26.1 Å². The molecule has 0 bridgehead atoms. The fourth-order valence-electron chi connectivity index (χ4n) is 2.14. The van der Waals surface area contributed by atoms with Gasteiger partial charge in [-0.05, 0) is 38.1 Å². The van der Waals surface area contributed by atoms with Crippen molar-refractivity contribution in [2.75, 3.05) is 6.61 Å². The summed E-state index contributed by atoms with van der Waals surface area (Å²) in [5, 5.41) is 8.34. The quantitative estimate of drug-likeness (QED) is 0.804. The first-order valence-corrected chi connectivity index (χ1v) is 6.79. The molecular formula is C15H14FN5O. The van der Waals surface area contributed by atoms with Crippen molar-refractivity contribution in [3.63, 3.8) is 0 Å². The molecule has 0 radical (unpaired) electrons. The van der Waals surface area contributed by atoms with E-state index < -0.39 is 0 Å². The van der Waals surface area contributed by atoms with Gasteiger partial charge in [-0.3, -0.25) is 9.98 Å². The molecule has 1 N–H and O–H groups in total. The van der Waals surface area contributed by atoms with E-state index in [9.17, 15) is 4.39 Å². The molecule has 3 rings (SSSR count). The minimum absolute atomic E-state index is 0.142. The first-order chi connectivity index (χ1) is 10.6. The third-order valence-corrected chi connectivity index (χ3v) is 3.12. The van der Waals surface area contributed by atoms with Gasteiger partial charge in [-0.2, -0.15) is 4.98 Å². The molecule has 1 aromatic carbocycles. The van der Waals surface area contributed by atoms with Crippen LogP contribution >= 0.6 is 0 Å². The maximum absolute atomic E-state index is 13.0. The molecule has 0 fully saturated rings. The van der Waals surface area contributed by atoms with Crippen LogP contribution in [0.15, 0.2) is 30.6 Å². The Hall–Kier alpha value is -2.83. The molecule has 0 amide bonds. The van der Waals surface area contributed by atoms with Crippen LogP contribution in [0, 0.1) is 18.2 Å². The van der Waals surface area contributed by atoms with Gasteiger partial charge in [0.05, 0.1) is 6.61 Å². The zero-order chi connectivity index (χ0) is 15.7. The smallest absolute Gasteiger partial charge is 0.244 e. The van der Waals surface area contributed by atoms with E-state index in [-0.39, 0.29) is 11.3 Å². The predicted molar refractivity (Wildman–Crippen MR) is 78.4 cm³/mol. The van der Waals surface area contributed by atoms with Crippen molar-refractivity contribution in [1.29, 1.82) is 5.41 Å². The molecule has 6 nitrogen and oxygen atoms in total. The minimum Gasteiger partial charge on any atom is -0.476 e. The average molecular weight is 299 g/mol. The van der Waals surface area contributed by atoms with Gasteiger partial charge in [-0.1, -0.05) is 0 Å².